The van der Waals surface area contributed by atoms with Crippen LogP contribution in [0.5, 0.6) is 5.75 Å². The molecule has 1 N–H and O–H groups in total. The van der Waals surface area contributed by atoms with Crippen LogP contribution in [-0.4, -0.2) is 35.4 Å². The van der Waals surface area contributed by atoms with Gasteiger partial charge in [0.1, 0.15) is 11.8 Å². The van der Waals surface area contributed by atoms with Crippen LogP contribution in [0.15, 0.2) is 66.7 Å². The summed E-state index contributed by atoms with van der Waals surface area (Å²) >= 11 is 12.4. The number of ether oxygens (including phenoxy) is 1. The second-order valence-corrected chi connectivity index (χ2v) is 10.2. The number of carbonyl (C=O) groups is 2. The summed E-state index contributed by atoms with van der Waals surface area (Å²) in [5.41, 5.74) is 3.81. The number of halogens is 2. The van der Waals surface area contributed by atoms with Crippen LogP contribution in [0.25, 0.3) is 0 Å². The van der Waals surface area contributed by atoms with Gasteiger partial charge in [-0.2, -0.15) is 0 Å². The van der Waals surface area contributed by atoms with Crippen molar-refractivity contribution < 1.29 is 14.3 Å². The predicted octanol–water partition coefficient (Wildman–Crippen LogP) is 6.54. The Labute approximate surface area is 229 Å². The van der Waals surface area contributed by atoms with Gasteiger partial charge in [0.2, 0.25) is 5.91 Å². The number of rotatable bonds is 11. The second kappa shape index (κ2) is 13.5. The van der Waals surface area contributed by atoms with Gasteiger partial charge in [0.15, 0.2) is 6.61 Å². The van der Waals surface area contributed by atoms with E-state index in [1.54, 1.807) is 17.0 Å². The smallest absolute Gasteiger partial charge is 0.261 e. The highest BCUT2D eigenvalue weighted by molar-refractivity contribution is 6.42. The maximum atomic E-state index is 13.7. The van der Waals surface area contributed by atoms with Gasteiger partial charge in [-0.3, -0.25) is 9.59 Å². The Balaban J connectivity index is 1.94. The number of nitrogens with one attached hydrogen (secondary N) is 1. The lowest BCUT2D eigenvalue weighted by molar-refractivity contribution is -0.143. The molecule has 2 amide bonds. The standard InChI is InChI=1S/C30H34Cl2N2O3/c1-5-22(4)33-30(36)28(17-23-9-7-6-8-10-23)34(18-24-11-12-26(31)27(32)16-24)29(35)19-37-25-14-20(2)13-21(3)15-25/h6-16,22,28H,5,17-19H2,1-4H3,(H,33,36)/t22-,28+/m1/s1. The van der Waals surface area contributed by atoms with Gasteiger partial charge in [-0.25, -0.2) is 0 Å². The summed E-state index contributed by atoms with van der Waals surface area (Å²) in [6.45, 7) is 7.89. The van der Waals surface area contributed by atoms with E-state index in [4.69, 9.17) is 27.9 Å². The third-order valence-corrected chi connectivity index (χ3v) is 6.91. The number of nitrogens with zero attached hydrogens (tertiary/aromatic N) is 1. The van der Waals surface area contributed by atoms with Crippen molar-refractivity contribution in [1.29, 1.82) is 0 Å². The zero-order valence-corrected chi connectivity index (χ0v) is 23.3. The van der Waals surface area contributed by atoms with Gasteiger partial charge >= 0.3 is 0 Å². The third kappa shape index (κ3) is 8.51. The number of hydrogen-bond acceptors (Lipinski definition) is 3. The van der Waals surface area contributed by atoms with Crippen molar-refractivity contribution in [2.24, 2.45) is 0 Å². The Morgan fingerprint density at radius 3 is 2.22 bits per heavy atom. The van der Waals surface area contributed by atoms with Crippen molar-refractivity contribution in [2.45, 2.75) is 59.2 Å². The fourth-order valence-electron chi connectivity index (χ4n) is 4.07. The maximum absolute atomic E-state index is 13.7. The Bertz CT molecular complexity index is 1200. The molecular formula is C30H34Cl2N2O3. The van der Waals surface area contributed by atoms with E-state index in [9.17, 15) is 9.59 Å². The summed E-state index contributed by atoms with van der Waals surface area (Å²) in [4.78, 5) is 28.8. The van der Waals surface area contributed by atoms with Crippen molar-refractivity contribution in [3.05, 3.63) is 99.0 Å². The van der Waals surface area contributed by atoms with Gasteiger partial charge < -0.3 is 15.0 Å². The second-order valence-electron chi connectivity index (χ2n) is 9.41. The van der Waals surface area contributed by atoms with Crippen LogP contribution in [0.3, 0.4) is 0 Å². The summed E-state index contributed by atoms with van der Waals surface area (Å²) in [5, 5.41) is 3.88. The maximum Gasteiger partial charge on any atom is 0.261 e. The van der Waals surface area contributed by atoms with Crippen molar-refractivity contribution in [3.63, 3.8) is 0 Å². The number of hydrogen-bond donors (Lipinski definition) is 1. The van der Waals surface area contributed by atoms with Crippen LogP contribution in [0.4, 0.5) is 0 Å². The third-order valence-electron chi connectivity index (χ3n) is 6.17. The van der Waals surface area contributed by atoms with Gasteiger partial charge in [0.25, 0.3) is 5.91 Å². The lowest BCUT2D eigenvalue weighted by Gasteiger charge is -2.32. The van der Waals surface area contributed by atoms with E-state index in [-0.39, 0.29) is 31.0 Å². The molecule has 0 saturated carbocycles. The Hall–Kier alpha value is -3.02. The van der Waals surface area contributed by atoms with Crippen LogP contribution in [0.2, 0.25) is 10.0 Å². The SMILES string of the molecule is CC[C@@H](C)NC(=O)[C@H](Cc1ccccc1)N(Cc1ccc(Cl)c(Cl)c1)C(=O)COc1cc(C)cc(C)c1. The largest absolute Gasteiger partial charge is 0.484 e. The van der Waals surface area contributed by atoms with Crippen LogP contribution in [0.1, 0.15) is 42.5 Å². The molecule has 0 aromatic heterocycles. The van der Waals surface area contributed by atoms with Gasteiger partial charge in [0.05, 0.1) is 10.0 Å². The average molecular weight is 542 g/mol. The lowest BCUT2D eigenvalue weighted by atomic mass is 10.0. The van der Waals surface area contributed by atoms with Crippen LogP contribution < -0.4 is 10.1 Å². The molecule has 0 aliphatic carbocycles. The topological polar surface area (TPSA) is 58.6 Å². The molecule has 0 unspecified atom stereocenters. The molecule has 37 heavy (non-hydrogen) atoms. The number of amides is 2. The summed E-state index contributed by atoms with van der Waals surface area (Å²) < 4.78 is 5.90. The molecule has 0 bridgehead atoms. The van der Waals surface area contributed by atoms with Crippen LogP contribution >= 0.6 is 23.2 Å². The molecule has 0 fully saturated rings. The molecule has 0 radical (unpaired) electrons. The summed E-state index contributed by atoms with van der Waals surface area (Å²) in [7, 11) is 0. The highest BCUT2D eigenvalue weighted by Gasteiger charge is 2.31. The molecular weight excluding hydrogens is 507 g/mol. The Morgan fingerprint density at radius 2 is 1.59 bits per heavy atom. The summed E-state index contributed by atoms with van der Waals surface area (Å²) in [6.07, 6.45) is 1.14. The number of carbonyl (C=O) groups excluding carboxylic acids is 2. The Kier molecular flexibility index (Phi) is 10.4. The predicted molar refractivity (Wildman–Crippen MR) is 150 cm³/mol. The minimum absolute atomic E-state index is 0.0285. The summed E-state index contributed by atoms with van der Waals surface area (Å²) in [5.74, 6) is 0.104. The molecule has 0 saturated heterocycles. The van der Waals surface area contributed by atoms with Crippen LogP contribution in [0, 0.1) is 13.8 Å². The molecule has 7 heteroatoms. The minimum Gasteiger partial charge on any atom is -0.484 e. The van der Waals surface area contributed by atoms with Gasteiger partial charge in [-0.1, -0.05) is 72.6 Å². The van der Waals surface area contributed by atoms with E-state index in [0.717, 1.165) is 28.7 Å². The van der Waals surface area contributed by atoms with E-state index in [2.05, 4.69) is 5.32 Å². The Morgan fingerprint density at radius 1 is 0.919 bits per heavy atom. The molecule has 2 atom stereocenters. The average Bonchev–Trinajstić information content (AvgIpc) is 2.86. The quantitative estimate of drug-likeness (QED) is 0.300. The zero-order valence-electron chi connectivity index (χ0n) is 21.8. The van der Waals surface area contributed by atoms with E-state index in [1.165, 1.54) is 0 Å². The normalized spacial score (nSPS) is 12.5. The molecule has 0 aliphatic heterocycles. The molecule has 0 aliphatic rings. The highest BCUT2D eigenvalue weighted by Crippen LogP contribution is 2.25. The van der Waals surface area contributed by atoms with E-state index < -0.39 is 6.04 Å². The molecule has 3 aromatic rings. The highest BCUT2D eigenvalue weighted by atomic mass is 35.5. The minimum atomic E-state index is -0.749. The molecule has 3 aromatic carbocycles. The van der Waals surface area contributed by atoms with Crippen LogP contribution in [-0.2, 0) is 22.6 Å². The first-order chi connectivity index (χ1) is 17.7. The number of benzene rings is 3. The van der Waals surface area contributed by atoms with Gasteiger partial charge in [-0.05, 0) is 73.7 Å². The molecule has 3 rings (SSSR count). The fraction of sp³-hybridized carbons (Fsp3) is 0.333. The number of aryl methyl sites for hydroxylation is 2. The van der Waals surface area contributed by atoms with Gasteiger partial charge in [-0.15, -0.1) is 0 Å². The molecule has 0 spiro atoms. The molecule has 5 nitrogen and oxygen atoms in total. The van der Waals surface area contributed by atoms with E-state index in [1.807, 2.05) is 82.3 Å². The first kappa shape index (κ1) is 28.5. The lowest BCUT2D eigenvalue weighted by Crippen LogP contribution is -2.53. The monoisotopic (exact) mass is 540 g/mol. The van der Waals surface area contributed by atoms with Crippen molar-refractivity contribution in [3.8, 4) is 5.75 Å². The van der Waals surface area contributed by atoms with Gasteiger partial charge in [0, 0.05) is 19.0 Å². The summed E-state index contributed by atoms with van der Waals surface area (Å²) in [6, 6.07) is 20.0. The van der Waals surface area contributed by atoms with E-state index in [0.29, 0.717) is 22.2 Å². The van der Waals surface area contributed by atoms with Crippen molar-refractivity contribution in [1.82, 2.24) is 10.2 Å². The molecule has 196 valence electrons. The first-order valence-corrected chi connectivity index (χ1v) is 13.2. The molecule has 0 heterocycles. The zero-order chi connectivity index (χ0) is 26.9. The fourth-order valence-corrected chi connectivity index (χ4v) is 4.39. The van der Waals surface area contributed by atoms with Crippen molar-refractivity contribution >= 4 is 35.0 Å². The van der Waals surface area contributed by atoms with Crippen molar-refractivity contribution in [2.75, 3.05) is 6.61 Å². The first-order valence-electron chi connectivity index (χ1n) is 12.4. The van der Waals surface area contributed by atoms with E-state index >= 15 is 0 Å².